The van der Waals surface area contributed by atoms with Crippen LogP contribution in [0.25, 0.3) is 17.1 Å². The van der Waals surface area contributed by atoms with Crippen LogP contribution in [0.15, 0.2) is 53.7 Å². The van der Waals surface area contributed by atoms with Crippen molar-refractivity contribution in [3.8, 4) is 22.8 Å². The largest absolute Gasteiger partial charge is 0.497 e. The second-order valence-electron chi connectivity index (χ2n) is 6.47. The number of aromatic nitrogens is 3. The first-order valence-electron chi connectivity index (χ1n) is 8.98. The van der Waals surface area contributed by atoms with E-state index in [1.807, 2.05) is 0 Å². The molecule has 0 saturated carbocycles. The number of ether oxygens (including phenoxy) is 1. The molecule has 6 nitrogen and oxygen atoms in total. The van der Waals surface area contributed by atoms with Crippen LogP contribution in [-0.4, -0.2) is 58.2 Å². The van der Waals surface area contributed by atoms with Crippen molar-refractivity contribution in [2.75, 3.05) is 26.5 Å². The van der Waals surface area contributed by atoms with E-state index in [4.69, 9.17) is 16.3 Å². The Morgan fingerprint density at radius 2 is 1.84 bits per heavy atom. The number of benzene rings is 2. The number of carbonyl (C=O) groups is 1. The highest BCUT2D eigenvalue weighted by atomic mass is 35.5. The second kappa shape index (κ2) is 9.61. The third-order valence-corrected chi connectivity index (χ3v) is 5.49. The molecule has 164 valence electrons. The summed E-state index contributed by atoms with van der Waals surface area (Å²) in [7, 11) is 2.66. The Balaban J connectivity index is 1.93. The molecule has 3 aromatic rings. The third kappa shape index (κ3) is 5.71. The molecule has 11 heteroatoms. The highest BCUT2D eigenvalue weighted by Crippen LogP contribution is 2.32. The van der Waals surface area contributed by atoms with Crippen LogP contribution in [0.1, 0.15) is 0 Å². The number of methoxy groups -OCH3 is 1. The monoisotopic (exact) mass is 470 g/mol. The summed E-state index contributed by atoms with van der Waals surface area (Å²) in [4.78, 5) is 12.8. The quantitative estimate of drug-likeness (QED) is 0.468. The Morgan fingerprint density at radius 3 is 2.45 bits per heavy atom. The predicted molar refractivity (Wildman–Crippen MR) is 113 cm³/mol. The van der Waals surface area contributed by atoms with Crippen molar-refractivity contribution in [1.29, 1.82) is 0 Å². The molecule has 1 amide bonds. The summed E-state index contributed by atoms with van der Waals surface area (Å²) < 4.78 is 44.6. The van der Waals surface area contributed by atoms with Gasteiger partial charge in [0, 0.05) is 18.3 Å². The maximum Gasteiger partial charge on any atom is 0.406 e. The minimum Gasteiger partial charge on any atom is -0.497 e. The lowest BCUT2D eigenvalue weighted by Gasteiger charge is -2.18. The van der Waals surface area contributed by atoms with E-state index >= 15 is 0 Å². The van der Waals surface area contributed by atoms with Crippen LogP contribution in [0.3, 0.4) is 0 Å². The lowest BCUT2D eigenvalue weighted by molar-refractivity contribution is -0.156. The molecule has 1 aromatic heterocycles. The smallest absolute Gasteiger partial charge is 0.406 e. The zero-order valence-electron chi connectivity index (χ0n) is 16.6. The molecular weight excluding hydrogens is 453 g/mol. The number of alkyl halides is 3. The van der Waals surface area contributed by atoms with Gasteiger partial charge in [0.25, 0.3) is 0 Å². The number of thioether (sulfide) groups is 1. The van der Waals surface area contributed by atoms with E-state index in [0.717, 1.165) is 18.8 Å². The molecule has 3 rings (SSSR count). The van der Waals surface area contributed by atoms with Crippen LogP contribution >= 0.6 is 23.4 Å². The highest BCUT2D eigenvalue weighted by molar-refractivity contribution is 7.99. The summed E-state index contributed by atoms with van der Waals surface area (Å²) in [6.45, 7) is -1.32. The fraction of sp³-hybridized carbons (Fsp3) is 0.250. The zero-order valence-corrected chi connectivity index (χ0v) is 18.1. The van der Waals surface area contributed by atoms with E-state index in [-0.39, 0.29) is 5.75 Å². The average molecular weight is 471 g/mol. The number of hydrogen-bond donors (Lipinski definition) is 0. The van der Waals surface area contributed by atoms with Gasteiger partial charge in [-0.05, 0) is 36.4 Å². The van der Waals surface area contributed by atoms with E-state index in [1.54, 1.807) is 60.2 Å². The lowest BCUT2D eigenvalue weighted by Crippen LogP contribution is -2.36. The average Bonchev–Trinajstić information content (AvgIpc) is 3.14. The first-order valence-corrected chi connectivity index (χ1v) is 10.3. The number of nitrogens with zero attached hydrogens (tertiary/aromatic N) is 4. The van der Waals surface area contributed by atoms with Gasteiger partial charge in [-0.25, -0.2) is 0 Å². The van der Waals surface area contributed by atoms with Gasteiger partial charge in [0.15, 0.2) is 11.0 Å². The van der Waals surface area contributed by atoms with Gasteiger partial charge in [-0.3, -0.25) is 9.36 Å². The molecule has 0 aliphatic heterocycles. The molecular formula is C20H18ClF3N4O2S. The van der Waals surface area contributed by atoms with Crippen LogP contribution in [0, 0.1) is 0 Å². The lowest BCUT2D eigenvalue weighted by atomic mass is 10.2. The van der Waals surface area contributed by atoms with Crippen LogP contribution in [0.5, 0.6) is 5.75 Å². The maximum absolute atomic E-state index is 12.6. The Labute approximate surface area is 186 Å². The summed E-state index contributed by atoms with van der Waals surface area (Å²) >= 11 is 7.32. The molecule has 31 heavy (non-hydrogen) atoms. The summed E-state index contributed by atoms with van der Waals surface area (Å²) in [5.41, 5.74) is 1.30. The van der Waals surface area contributed by atoms with Gasteiger partial charge in [0.1, 0.15) is 12.3 Å². The molecule has 0 radical (unpaired) electrons. The summed E-state index contributed by atoms with van der Waals surface area (Å²) in [6.07, 6.45) is -4.46. The molecule has 0 fully saturated rings. The summed E-state index contributed by atoms with van der Waals surface area (Å²) in [5.74, 6) is 0.179. The van der Waals surface area contributed by atoms with E-state index in [9.17, 15) is 18.0 Å². The van der Waals surface area contributed by atoms with Gasteiger partial charge in [-0.1, -0.05) is 35.5 Å². The van der Waals surface area contributed by atoms with Gasteiger partial charge in [-0.2, -0.15) is 13.2 Å². The van der Waals surface area contributed by atoms with Gasteiger partial charge < -0.3 is 9.64 Å². The normalized spacial score (nSPS) is 11.4. The SMILES string of the molecule is COc1ccc(-n2c(SCC(=O)N(C)CC(F)(F)F)nnc2-c2ccccc2Cl)cc1. The van der Waals surface area contributed by atoms with Crippen LogP contribution in [-0.2, 0) is 4.79 Å². The summed E-state index contributed by atoms with van der Waals surface area (Å²) in [5, 5.41) is 9.17. The minimum atomic E-state index is -4.46. The maximum atomic E-state index is 12.6. The van der Waals surface area contributed by atoms with Gasteiger partial charge >= 0.3 is 6.18 Å². The first kappa shape index (κ1) is 23.0. The second-order valence-corrected chi connectivity index (χ2v) is 7.82. The Kier molecular flexibility index (Phi) is 7.11. The predicted octanol–water partition coefficient (Wildman–Crippen LogP) is 4.71. The van der Waals surface area contributed by atoms with Crippen molar-refractivity contribution in [2.24, 2.45) is 0 Å². The first-order chi connectivity index (χ1) is 14.7. The summed E-state index contributed by atoms with van der Waals surface area (Å²) in [6, 6.07) is 14.1. The van der Waals surface area contributed by atoms with Crippen molar-refractivity contribution in [2.45, 2.75) is 11.3 Å². The van der Waals surface area contributed by atoms with E-state index in [2.05, 4.69) is 10.2 Å². The standard InChI is InChI=1S/C20H18ClF3N4O2S/c1-27(12-20(22,23)24)17(29)11-31-19-26-25-18(15-5-3-4-6-16(15)21)28(19)13-7-9-14(30-2)10-8-13/h3-10H,11-12H2,1-2H3. The Bertz CT molecular complexity index is 1060. The number of carbonyl (C=O) groups excluding carboxylic acids is 1. The molecule has 1 heterocycles. The van der Waals surface area contributed by atoms with Crippen molar-refractivity contribution < 1.29 is 22.7 Å². The molecule has 2 aromatic carbocycles. The number of halogens is 4. The van der Waals surface area contributed by atoms with Crippen molar-refractivity contribution >= 4 is 29.3 Å². The van der Waals surface area contributed by atoms with Crippen molar-refractivity contribution in [3.05, 3.63) is 53.6 Å². The molecule has 0 aliphatic rings. The van der Waals surface area contributed by atoms with Gasteiger partial charge in [-0.15, -0.1) is 10.2 Å². The van der Waals surface area contributed by atoms with E-state index < -0.39 is 18.6 Å². The van der Waals surface area contributed by atoms with Crippen molar-refractivity contribution in [3.63, 3.8) is 0 Å². The fourth-order valence-corrected chi connectivity index (χ4v) is 3.85. The molecule has 0 unspecified atom stereocenters. The van der Waals surface area contributed by atoms with Crippen LogP contribution in [0.2, 0.25) is 5.02 Å². The molecule has 0 N–H and O–H groups in total. The van der Waals surface area contributed by atoms with E-state index in [0.29, 0.717) is 37.9 Å². The molecule has 0 saturated heterocycles. The van der Waals surface area contributed by atoms with Gasteiger partial charge in [0.2, 0.25) is 5.91 Å². The Hall–Kier alpha value is -2.72. The molecule has 0 bridgehead atoms. The highest BCUT2D eigenvalue weighted by Gasteiger charge is 2.31. The Morgan fingerprint density at radius 1 is 1.16 bits per heavy atom. The van der Waals surface area contributed by atoms with E-state index in [1.165, 1.54) is 0 Å². The van der Waals surface area contributed by atoms with Crippen molar-refractivity contribution in [1.82, 2.24) is 19.7 Å². The minimum absolute atomic E-state index is 0.233. The van der Waals surface area contributed by atoms with Crippen LogP contribution in [0.4, 0.5) is 13.2 Å². The number of hydrogen-bond acceptors (Lipinski definition) is 5. The molecule has 0 spiro atoms. The molecule has 0 aliphatic carbocycles. The topological polar surface area (TPSA) is 60.2 Å². The number of rotatable bonds is 7. The third-order valence-electron chi connectivity index (χ3n) is 4.25. The zero-order chi connectivity index (χ0) is 22.6. The molecule has 0 atom stereocenters. The van der Waals surface area contributed by atoms with Gasteiger partial charge in [0.05, 0.1) is 17.9 Å². The fourth-order valence-electron chi connectivity index (χ4n) is 2.74. The van der Waals surface area contributed by atoms with Crippen LogP contribution < -0.4 is 4.74 Å². The number of amides is 1.